The summed E-state index contributed by atoms with van der Waals surface area (Å²) < 4.78 is 68.7. The summed E-state index contributed by atoms with van der Waals surface area (Å²) in [5.41, 5.74) is 4.47. The summed E-state index contributed by atoms with van der Waals surface area (Å²) in [4.78, 5) is 17.6. The Morgan fingerprint density at radius 2 is 1.98 bits per heavy atom. The van der Waals surface area contributed by atoms with Gasteiger partial charge in [0, 0.05) is 42.9 Å². The number of hydrogen-bond donors (Lipinski definition) is 2. The van der Waals surface area contributed by atoms with Crippen LogP contribution in [0.2, 0.25) is 0 Å². The van der Waals surface area contributed by atoms with Crippen LogP contribution in [0.25, 0.3) is 32.9 Å². The SMILES string of the molecule is C#Cc1c(F)ccc2cc(N)nc(-c3c(F)cc4c(N5CCC6CNC(C6)C5)nc(OCC56CCCN5C[C@H](F)C6)nc4c3F)c12. The van der Waals surface area contributed by atoms with Gasteiger partial charge < -0.3 is 20.7 Å². The fourth-order valence-corrected chi connectivity index (χ4v) is 8.15. The maximum Gasteiger partial charge on any atom is 0.319 e. The second kappa shape index (κ2) is 11.0. The lowest BCUT2D eigenvalue weighted by molar-refractivity contribution is 0.107. The van der Waals surface area contributed by atoms with E-state index in [0.29, 0.717) is 43.2 Å². The number of nitrogens with two attached hydrogens (primary N) is 1. The fourth-order valence-electron chi connectivity index (χ4n) is 8.15. The Morgan fingerprint density at radius 1 is 1.11 bits per heavy atom. The number of nitrogens with one attached hydrogen (secondary N) is 1. The maximum atomic E-state index is 16.9. The summed E-state index contributed by atoms with van der Waals surface area (Å²) in [5.74, 6) is 0.467. The minimum atomic E-state index is -1.02. The molecule has 0 saturated carbocycles. The van der Waals surface area contributed by atoms with Crippen molar-refractivity contribution in [3.8, 4) is 29.6 Å². The summed E-state index contributed by atoms with van der Waals surface area (Å²) in [6, 6.07) is 5.41. The van der Waals surface area contributed by atoms with Gasteiger partial charge in [0.05, 0.1) is 22.4 Å². The standard InChI is InChI=1S/C34H33F4N7O/c1-2-22-24(36)5-4-19-11-26(39)41-31(27(19)22)28-25(37)12-23-30(29(28)38)42-33(46-17-34-7-3-8-45(34)15-20(35)13-34)43-32(23)44-9-6-18-10-21(16-44)40-14-18/h1,4-5,11-12,18,20-21,40H,3,6-10,13-17H2,(H2,39,41)/t18?,20-,21?,34?/m1/s1. The monoisotopic (exact) mass is 631 g/mol. The second-order valence-electron chi connectivity index (χ2n) is 13.1. The Kier molecular flexibility index (Phi) is 6.95. The van der Waals surface area contributed by atoms with Crippen molar-refractivity contribution >= 4 is 33.3 Å². The van der Waals surface area contributed by atoms with Crippen molar-refractivity contribution in [1.29, 1.82) is 0 Å². The van der Waals surface area contributed by atoms with Crippen molar-refractivity contribution in [2.24, 2.45) is 5.92 Å². The highest BCUT2D eigenvalue weighted by Gasteiger charge is 2.49. The molecule has 4 aromatic rings. The van der Waals surface area contributed by atoms with Crippen LogP contribution >= 0.6 is 0 Å². The zero-order chi connectivity index (χ0) is 31.7. The van der Waals surface area contributed by atoms with Gasteiger partial charge in [-0.15, -0.1) is 6.42 Å². The molecule has 4 aliphatic rings. The summed E-state index contributed by atoms with van der Waals surface area (Å²) >= 11 is 0. The molecule has 6 heterocycles. The van der Waals surface area contributed by atoms with E-state index in [-0.39, 0.29) is 52.0 Å². The first-order valence-corrected chi connectivity index (χ1v) is 15.8. The number of anilines is 2. The van der Waals surface area contributed by atoms with Crippen molar-refractivity contribution in [1.82, 2.24) is 25.2 Å². The first kappa shape index (κ1) is 29.2. The molecule has 0 aliphatic carbocycles. The lowest BCUT2D eigenvalue weighted by Gasteiger charge is -2.31. The molecule has 4 saturated heterocycles. The summed E-state index contributed by atoms with van der Waals surface area (Å²) in [5, 5.41) is 4.16. The van der Waals surface area contributed by atoms with Crippen LogP contribution in [0.3, 0.4) is 0 Å². The van der Waals surface area contributed by atoms with Crippen LogP contribution in [0.15, 0.2) is 24.3 Å². The normalized spacial score (nSPS) is 26.1. The Bertz CT molecular complexity index is 1930. The number of terminal acetylenes is 1. The highest BCUT2D eigenvalue weighted by molar-refractivity contribution is 6.03. The molecule has 46 heavy (non-hydrogen) atoms. The number of halogens is 4. The van der Waals surface area contributed by atoms with E-state index < -0.39 is 34.7 Å². The largest absolute Gasteiger partial charge is 0.461 e. The number of fused-ring (bicyclic) bond motifs is 5. The van der Waals surface area contributed by atoms with E-state index in [9.17, 15) is 8.78 Å². The molecule has 4 aliphatic heterocycles. The smallest absolute Gasteiger partial charge is 0.319 e. The van der Waals surface area contributed by atoms with Gasteiger partial charge in [0.2, 0.25) is 0 Å². The fraction of sp³-hybridized carbons (Fsp3) is 0.441. The molecule has 2 aromatic heterocycles. The molecule has 2 bridgehead atoms. The lowest BCUT2D eigenvalue weighted by atomic mass is 9.95. The molecular weight excluding hydrogens is 598 g/mol. The molecule has 12 heteroatoms. The molecule has 0 amide bonds. The van der Waals surface area contributed by atoms with E-state index in [4.69, 9.17) is 21.9 Å². The molecular formula is C34H33F4N7O. The van der Waals surface area contributed by atoms with Gasteiger partial charge in [-0.25, -0.2) is 22.5 Å². The molecule has 3 unspecified atom stereocenters. The first-order chi connectivity index (χ1) is 22.2. The van der Waals surface area contributed by atoms with Crippen molar-refractivity contribution in [2.75, 3.05) is 50.0 Å². The highest BCUT2D eigenvalue weighted by atomic mass is 19.1. The minimum Gasteiger partial charge on any atom is -0.461 e. The Morgan fingerprint density at radius 3 is 2.83 bits per heavy atom. The quantitative estimate of drug-likeness (QED) is 0.236. The third-order valence-corrected chi connectivity index (χ3v) is 10.3. The van der Waals surface area contributed by atoms with Gasteiger partial charge in [-0.05, 0) is 68.3 Å². The molecule has 8 nitrogen and oxygen atoms in total. The van der Waals surface area contributed by atoms with Gasteiger partial charge in [0.1, 0.15) is 41.6 Å². The van der Waals surface area contributed by atoms with Gasteiger partial charge in [0.15, 0.2) is 5.82 Å². The molecule has 4 fully saturated rings. The van der Waals surface area contributed by atoms with E-state index >= 15 is 8.78 Å². The molecule has 8 rings (SSSR count). The molecule has 0 spiro atoms. The molecule has 3 N–H and O–H groups in total. The number of benzene rings is 2. The topological polar surface area (TPSA) is 92.4 Å². The van der Waals surface area contributed by atoms with Gasteiger partial charge in [-0.2, -0.15) is 9.97 Å². The molecule has 238 valence electrons. The van der Waals surface area contributed by atoms with Crippen LogP contribution < -0.4 is 20.7 Å². The maximum absolute atomic E-state index is 16.9. The third-order valence-electron chi connectivity index (χ3n) is 10.3. The number of rotatable bonds is 5. The number of hydrogen-bond acceptors (Lipinski definition) is 8. The van der Waals surface area contributed by atoms with E-state index in [1.165, 1.54) is 24.3 Å². The first-order valence-electron chi connectivity index (χ1n) is 15.8. The van der Waals surface area contributed by atoms with Gasteiger partial charge in [-0.1, -0.05) is 12.0 Å². The van der Waals surface area contributed by atoms with Crippen LogP contribution in [0.1, 0.15) is 37.7 Å². The number of pyridine rings is 1. The average molecular weight is 632 g/mol. The molecule has 0 radical (unpaired) electrons. The second-order valence-corrected chi connectivity index (χ2v) is 13.1. The predicted molar refractivity (Wildman–Crippen MR) is 168 cm³/mol. The van der Waals surface area contributed by atoms with E-state index in [1.807, 2.05) is 4.90 Å². The number of nitrogen functional groups attached to an aromatic ring is 1. The van der Waals surface area contributed by atoms with Crippen LogP contribution in [-0.4, -0.2) is 76.9 Å². The Balaban J connectivity index is 1.30. The van der Waals surface area contributed by atoms with Gasteiger partial charge in [-0.3, -0.25) is 4.90 Å². The van der Waals surface area contributed by atoms with Crippen molar-refractivity contribution in [2.45, 2.75) is 49.9 Å². The summed E-state index contributed by atoms with van der Waals surface area (Å²) in [7, 11) is 0. The van der Waals surface area contributed by atoms with Crippen molar-refractivity contribution in [3.63, 3.8) is 0 Å². The number of ether oxygens (including phenoxy) is 1. The van der Waals surface area contributed by atoms with E-state index in [1.54, 1.807) is 0 Å². The van der Waals surface area contributed by atoms with Crippen LogP contribution in [0.5, 0.6) is 6.01 Å². The third kappa shape index (κ3) is 4.71. The van der Waals surface area contributed by atoms with Crippen LogP contribution in [0.4, 0.5) is 29.2 Å². The zero-order valence-electron chi connectivity index (χ0n) is 25.1. The van der Waals surface area contributed by atoms with Crippen molar-refractivity contribution in [3.05, 3.63) is 47.3 Å². The Hall–Kier alpha value is -4.21. The number of aromatic nitrogens is 3. The number of nitrogens with zero attached hydrogens (tertiary/aromatic N) is 5. The highest BCUT2D eigenvalue weighted by Crippen LogP contribution is 2.42. The van der Waals surface area contributed by atoms with Gasteiger partial charge in [0.25, 0.3) is 0 Å². The van der Waals surface area contributed by atoms with Crippen molar-refractivity contribution < 1.29 is 22.3 Å². The van der Waals surface area contributed by atoms with Crippen LogP contribution in [0, 0.1) is 35.7 Å². The summed E-state index contributed by atoms with van der Waals surface area (Å²) in [6.45, 7) is 3.48. The van der Waals surface area contributed by atoms with E-state index in [2.05, 4.69) is 26.1 Å². The Labute approximate surface area is 263 Å². The minimum absolute atomic E-state index is 0.0152. The average Bonchev–Trinajstić information content (AvgIpc) is 3.66. The van der Waals surface area contributed by atoms with Crippen LogP contribution in [-0.2, 0) is 0 Å². The lowest BCUT2D eigenvalue weighted by Crippen LogP contribution is -2.43. The van der Waals surface area contributed by atoms with E-state index in [0.717, 1.165) is 38.8 Å². The predicted octanol–water partition coefficient (Wildman–Crippen LogP) is 4.97. The van der Waals surface area contributed by atoms with Gasteiger partial charge >= 0.3 is 6.01 Å². The molecule has 2 aromatic carbocycles. The summed E-state index contributed by atoms with van der Waals surface area (Å²) in [6.07, 6.45) is 8.67. The number of alkyl halides is 1. The molecule has 4 atom stereocenters. The zero-order valence-corrected chi connectivity index (χ0v) is 25.1.